The molecule has 0 heterocycles. The minimum atomic E-state index is -0.780. The summed E-state index contributed by atoms with van der Waals surface area (Å²) in [5.74, 6) is 0.405. The van der Waals surface area contributed by atoms with Gasteiger partial charge in [0.25, 0.3) is 0 Å². The highest BCUT2D eigenvalue weighted by molar-refractivity contribution is 7.99. The maximum absolute atomic E-state index is 11.3. The molecule has 1 atom stereocenters. The zero-order valence-electron chi connectivity index (χ0n) is 10.7. The number of aryl methyl sites for hydroxylation is 1. The standard InChI is InChI=1S/C14H18N2O2S/c15-14(18)16-13(17)8-9-19-12-7-3-5-10-4-1-2-6-11(10)12/h1-2,4,6,12H,3,5,7-9H2,(H3,15,16,17,18)/t12-/m1/s1. The maximum atomic E-state index is 11.3. The number of carbonyl (C=O) groups excluding carboxylic acids is 2. The van der Waals surface area contributed by atoms with Gasteiger partial charge in [-0.2, -0.15) is 11.8 Å². The van der Waals surface area contributed by atoms with E-state index in [1.165, 1.54) is 17.5 Å². The van der Waals surface area contributed by atoms with E-state index in [0.717, 1.165) is 12.8 Å². The molecule has 3 amide bonds. The smallest absolute Gasteiger partial charge is 0.318 e. The molecule has 0 radical (unpaired) electrons. The SMILES string of the molecule is NC(=O)NC(=O)CCS[C@@H]1CCCc2ccccc21. The molecule has 3 N–H and O–H groups in total. The molecule has 1 aromatic carbocycles. The third-order valence-corrected chi connectivity index (χ3v) is 4.56. The van der Waals surface area contributed by atoms with E-state index in [0.29, 0.717) is 17.4 Å². The van der Waals surface area contributed by atoms with Gasteiger partial charge < -0.3 is 5.73 Å². The number of urea groups is 1. The van der Waals surface area contributed by atoms with E-state index in [1.54, 1.807) is 11.8 Å². The minimum absolute atomic E-state index is 0.302. The predicted octanol–water partition coefficient (Wildman–Crippen LogP) is 2.38. The fourth-order valence-corrected chi connectivity index (χ4v) is 3.71. The molecule has 0 bridgehead atoms. The Morgan fingerprint density at radius 1 is 1.37 bits per heavy atom. The quantitative estimate of drug-likeness (QED) is 0.888. The summed E-state index contributed by atoms with van der Waals surface area (Å²) in [5.41, 5.74) is 7.71. The van der Waals surface area contributed by atoms with Crippen molar-refractivity contribution in [1.29, 1.82) is 0 Å². The monoisotopic (exact) mass is 278 g/mol. The average molecular weight is 278 g/mol. The van der Waals surface area contributed by atoms with Gasteiger partial charge in [0, 0.05) is 17.4 Å². The van der Waals surface area contributed by atoms with E-state index >= 15 is 0 Å². The zero-order chi connectivity index (χ0) is 13.7. The lowest BCUT2D eigenvalue weighted by Gasteiger charge is -2.24. The number of hydrogen-bond acceptors (Lipinski definition) is 3. The molecule has 0 aromatic heterocycles. The Hall–Kier alpha value is -1.49. The minimum Gasteiger partial charge on any atom is -0.351 e. The van der Waals surface area contributed by atoms with Crippen LogP contribution in [-0.4, -0.2) is 17.7 Å². The Labute approximate surface area is 117 Å². The topological polar surface area (TPSA) is 72.2 Å². The number of amides is 3. The number of nitrogens with two attached hydrogens (primary N) is 1. The maximum Gasteiger partial charge on any atom is 0.318 e. The van der Waals surface area contributed by atoms with Crippen molar-refractivity contribution >= 4 is 23.7 Å². The summed E-state index contributed by atoms with van der Waals surface area (Å²) in [6.07, 6.45) is 3.82. The molecule has 102 valence electrons. The van der Waals surface area contributed by atoms with Crippen molar-refractivity contribution in [1.82, 2.24) is 5.32 Å². The molecule has 0 saturated heterocycles. The van der Waals surface area contributed by atoms with Gasteiger partial charge in [-0.25, -0.2) is 4.79 Å². The first-order valence-electron chi connectivity index (χ1n) is 6.45. The van der Waals surface area contributed by atoms with Crippen LogP contribution in [0.2, 0.25) is 0 Å². The summed E-state index contributed by atoms with van der Waals surface area (Å²) >= 11 is 1.78. The molecule has 2 rings (SSSR count). The second-order valence-electron chi connectivity index (χ2n) is 4.61. The largest absolute Gasteiger partial charge is 0.351 e. The van der Waals surface area contributed by atoms with Gasteiger partial charge in [-0.1, -0.05) is 24.3 Å². The highest BCUT2D eigenvalue weighted by Gasteiger charge is 2.20. The molecule has 0 fully saturated rings. The number of imide groups is 1. The van der Waals surface area contributed by atoms with Crippen LogP contribution in [-0.2, 0) is 11.2 Å². The van der Waals surface area contributed by atoms with Gasteiger partial charge in [0.15, 0.2) is 0 Å². The van der Waals surface area contributed by atoms with Gasteiger partial charge in [-0.15, -0.1) is 0 Å². The molecular formula is C14H18N2O2S. The van der Waals surface area contributed by atoms with Gasteiger partial charge in [0.2, 0.25) is 5.91 Å². The molecule has 1 aromatic rings. The first-order chi connectivity index (χ1) is 9.16. The molecule has 1 aliphatic carbocycles. The van der Waals surface area contributed by atoms with Gasteiger partial charge in [0.1, 0.15) is 0 Å². The van der Waals surface area contributed by atoms with E-state index in [2.05, 4.69) is 29.6 Å². The van der Waals surface area contributed by atoms with Crippen LogP contribution in [0.4, 0.5) is 4.79 Å². The van der Waals surface area contributed by atoms with Crippen LogP contribution in [0.3, 0.4) is 0 Å². The Kier molecular flexibility index (Phi) is 4.85. The third kappa shape index (κ3) is 3.99. The number of hydrogen-bond donors (Lipinski definition) is 2. The van der Waals surface area contributed by atoms with E-state index in [4.69, 9.17) is 5.73 Å². The molecule has 19 heavy (non-hydrogen) atoms. The van der Waals surface area contributed by atoms with Crippen LogP contribution >= 0.6 is 11.8 Å². The fraction of sp³-hybridized carbons (Fsp3) is 0.429. The molecule has 0 unspecified atom stereocenters. The Bertz CT molecular complexity index is 476. The van der Waals surface area contributed by atoms with E-state index in [-0.39, 0.29) is 5.91 Å². The van der Waals surface area contributed by atoms with Crippen molar-refractivity contribution in [3.63, 3.8) is 0 Å². The predicted molar refractivity (Wildman–Crippen MR) is 76.9 cm³/mol. The summed E-state index contributed by atoms with van der Waals surface area (Å²) in [6.45, 7) is 0. The number of carbonyl (C=O) groups is 2. The molecule has 0 aliphatic heterocycles. The lowest BCUT2D eigenvalue weighted by atomic mass is 9.91. The summed E-state index contributed by atoms with van der Waals surface area (Å²) in [4.78, 5) is 21.8. The summed E-state index contributed by atoms with van der Waals surface area (Å²) < 4.78 is 0. The Morgan fingerprint density at radius 3 is 2.95 bits per heavy atom. The number of rotatable bonds is 4. The van der Waals surface area contributed by atoms with Crippen molar-refractivity contribution in [2.24, 2.45) is 5.73 Å². The van der Waals surface area contributed by atoms with Crippen LogP contribution in [0.15, 0.2) is 24.3 Å². The number of benzene rings is 1. The average Bonchev–Trinajstić information content (AvgIpc) is 2.38. The summed E-state index contributed by atoms with van der Waals surface area (Å²) in [6, 6.07) is 7.72. The van der Waals surface area contributed by atoms with Crippen molar-refractivity contribution in [2.75, 3.05) is 5.75 Å². The van der Waals surface area contributed by atoms with Gasteiger partial charge in [-0.3, -0.25) is 10.1 Å². The third-order valence-electron chi connectivity index (χ3n) is 3.23. The van der Waals surface area contributed by atoms with Gasteiger partial charge in [-0.05, 0) is 30.4 Å². The van der Waals surface area contributed by atoms with Crippen LogP contribution < -0.4 is 11.1 Å². The normalized spacial score (nSPS) is 17.6. The van der Waals surface area contributed by atoms with Gasteiger partial charge in [0.05, 0.1) is 0 Å². The second-order valence-corrected chi connectivity index (χ2v) is 5.92. The Morgan fingerprint density at radius 2 is 2.16 bits per heavy atom. The highest BCUT2D eigenvalue weighted by atomic mass is 32.2. The molecule has 0 spiro atoms. The van der Waals surface area contributed by atoms with Gasteiger partial charge >= 0.3 is 6.03 Å². The molecule has 0 saturated carbocycles. The first kappa shape index (κ1) is 13.9. The van der Waals surface area contributed by atoms with E-state index in [9.17, 15) is 9.59 Å². The lowest BCUT2D eigenvalue weighted by molar-refractivity contribution is -0.119. The number of thioether (sulfide) groups is 1. The van der Waals surface area contributed by atoms with Crippen molar-refractivity contribution < 1.29 is 9.59 Å². The lowest BCUT2D eigenvalue weighted by Crippen LogP contribution is -2.35. The van der Waals surface area contributed by atoms with Crippen molar-refractivity contribution in [3.8, 4) is 0 Å². The molecule has 1 aliphatic rings. The number of primary amides is 1. The molecular weight excluding hydrogens is 260 g/mol. The summed E-state index contributed by atoms with van der Waals surface area (Å²) in [5, 5.41) is 2.55. The number of nitrogens with one attached hydrogen (secondary N) is 1. The Balaban J connectivity index is 1.84. The fourth-order valence-electron chi connectivity index (χ4n) is 2.38. The molecule has 4 nitrogen and oxygen atoms in total. The van der Waals surface area contributed by atoms with Crippen LogP contribution in [0.1, 0.15) is 35.6 Å². The first-order valence-corrected chi connectivity index (χ1v) is 7.50. The van der Waals surface area contributed by atoms with Crippen LogP contribution in [0.5, 0.6) is 0 Å². The van der Waals surface area contributed by atoms with E-state index < -0.39 is 6.03 Å². The molecule has 5 heteroatoms. The van der Waals surface area contributed by atoms with Crippen LogP contribution in [0, 0.1) is 0 Å². The van der Waals surface area contributed by atoms with E-state index in [1.807, 2.05) is 0 Å². The second kappa shape index (κ2) is 6.61. The summed E-state index contributed by atoms with van der Waals surface area (Å²) in [7, 11) is 0. The van der Waals surface area contributed by atoms with Crippen molar-refractivity contribution in [3.05, 3.63) is 35.4 Å². The van der Waals surface area contributed by atoms with Crippen LogP contribution in [0.25, 0.3) is 0 Å². The highest BCUT2D eigenvalue weighted by Crippen LogP contribution is 2.39. The zero-order valence-corrected chi connectivity index (χ0v) is 11.5. The van der Waals surface area contributed by atoms with Crippen molar-refractivity contribution in [2.45, 2.75) is 30.9 Å². The number of fused-ring (bicyclic) bond motifs is 1.